The summed E-state index contributed by atoms with van der Waals surface area (Å²) in [6.45, 7) is -1.16. The molecule has 13 heavy (non-hydrogen) atoms. The summed E-state index contributed by atoms with van der Waals surface area (Å²) < 4.78 is 12.9. The van der Waals surface area contributed by atoms with Gasteiger partial charge in [0.2, 0.25) is 0 Å². The molecule has 0 aliphatic heterocycles. The van der Waals surface area contributed by atoms with E-state index >= 15 is 0 Å². The molecular formula is C6H11FO6. The summed E-state index contributed by atoms with van der Waals surface area (Å²) >= 11 is 0. The largest absolute Gasteiger partial charge is 0.393 e. The first-order valence-corrected chi connectivity index (χ1v) is 3.39. The first kappa shape index (κ1) is 12.4. The number of hydrogen-bond acceptors (Lipinski definition) is 6. The Hall–Kier alpha value is -0.600. The Kier molecular flexibility index (Phi) is 4.37. The zero-order valence-corrected chi connectivity index (χ0v) is 6.54. The number of aldehydes is 1. The van der Waals surface area contributed by atoms with Crippen molar-refractivity contribution in [3.05, 3.63) is 0 Å². The molecule has 0 saturated heterocycles. The standard InChI is InChI=1S/C6H11FO6/c7-6(13,4(11)2-9)5(12)3(10)1-8/h1,3-5,9-13H,2H2/t3-,4+,5+,6+/m0/s1. The van der Waals surface area contributed by atoms with E-state index in [-0.39, 0.29) is 6.29 Å². The number of aliphatic hydroxyl groups excluding tert-OH is 4. The lowest BCUT2D eigenvalue weighted by Gasteiger charge is -2.29. The summed E-state index contributed by atoms with van der Waals surface area (Å²) in [6, 6.07) is 0. The fourth-order valence-corrected chi connectivity index (χ4v) is 0.639. The monoisotopic (exact) mass is 198 g/mol. The van der Waals surface area contributed by atoms with Gasteiger partial charge in [0.05, 0.1) is 6.61 Å². The van der Waals surface area contributed by atoms with Gasteiger partial charge < -0.3 is 30.3 Å². The Labute approximate surface area is 72.9 Å². The van der Waals surface area contributed by atoms with Gasteiger partial charge in [0, 0.05) is 0 Å². The lowest BCUT2D eigenvalue weighted by atomic mass is 10.0. The van der Waals surface area contributed by atoms with E-state index in [0.717, 1.165) is 0 Å². The molecule has 0 amide bonds. The van der Waals surface area contributed by atoms with Crippen LogP contribution in [0, 0.1) is 0 Å². The van der Waals surface area contributed by atoms with E-state index in [9.17, 15) is 9.18 Å². The maximum Gasteiger partial charge on any atom is 0.264 e. The molecule has 0 bridgehead atoms. The Morgan fingerprint density at radius 1 is 1.38 bits per heavy atom. The molecule has 0 aliphatic carbocycles. The van der Waals surface area contributed by atoms with Crippen LogP contribution >= 0.6 is 0 Å². The maximum atomic E-state index is 12.9. The van der Waals surface area contributed by atoms with Gasteiger partial charge in [-0.25, -0.2) is 4.39 Å². The molecule has 0 rings (SSSR count). The number of aliphatic hydroxyl groups is 5. The van der Waals surface area contributed by atoms with Crippen LogP contribution in [-0.2, 0) is 4.79 Å². The second kappa shape index (κ2) is 4.58. The van der Waals surface area contributed by atoms with Crippen molar-refractivity contribution in [2.45, 2.75) is 24.2 Å². The van der Waals surface area contributed by atoms with Crippen molar-refractivity contribution < 1.29 is 34.7 Å². The highest BCUT2D eigenvalue weighted by Gasteiger charge is 2.46. The van der Waals surface area contributed by atoms with Gasteiger partial charge in [0.1, 0.15) is 18.3 Å². The number of rotatable bonds is 5. The van der Waals surface area contributed by atoms with E-state index < -0.39 is 30.8 Å². The van der Waals surface area contributed by atoms with Gasteiger partial charge in [-0.2, -0.15) is 0 Å². The lowest BCUT2D eigenvalue weighted by molar-refractivity contribution is -0.249. The lowest BCUT2D eigenvalue weighted by Crippen LogP contribution is -2.55. The Morgan fingerprint density at radius 2 is 1.85 bits per heavy atom. The first-order chi connectivity index (χ1) is 5.87. The van der Waals surface area contributed by atoms with Gasteiger partial charge in [-0.3, -0.25) is 0 Å². The normalized spacial score (nSPS) is 22.9. The second-order valence-electron chi connectivity index (χ2n) is 2.50. The highest BCUT2D eigenvalue weighted by molar-refractivity contribution is 5.56. The first-order valence-electron chi connectivity index (χ1n) is 3.39. The van der Waals surface area contributed by atoms with Crippen molar-refractivity contribution in [2.75, 3.05) is 6.61 Å². The van der Waals surface area contributed by atoms with Gasteiger partial charge in [0.15, 0.2) is 6.29 Å². The van der Waals surface area contributed by atoms with E-state index in [4.69, 9.17) is 25.5 Å². The quantitative estimate of drug-likeness (QED) is 0.299. The molecule has 0 heterocycles. The van der Waals surface area contributed by atoms with Gasteiger partial charge >= 0.3 is 0 Å². The molecule has 0 aromatic rings. The number of alkyl halides is 1. The second-order valence-corrected chi connectivity index (χ2v) is 2.50. The molecule has 0 spiro atoms. The van der Waals surface area contributed by atoms with Gasteiger partial charge in [-0.1, -0.05) is 0 Å². The van der Waals surface area contributed by atoms with Crippen molar-refractivity contribution in [2.24, 2.45) is 0 Å². The van der Waals surface area contributed by atoms with Crippen molar-refractivity contribution in [1.82, 2.24) is 0 Å². The van der Waals surface area contributed by atoms with E-state index in [2.05, 4.69) is 0 Å². The summed E-state index contributed by atoms with van der Waals surface area (Å²) in [6.07, 6.45) is -7.18. The Balaban J connectivity index is 4.51. The van der Waals surface area contributed by atoms with E-state index in [1.54, 1.807) is 0 Å². The number of carbonyl (C=O) groups is 1. The summed E-state index contributed by atoms with van der Waals surface area (Å²) in [5.74, 6) is -3.63. The average molecular weight is 198 g/mol. The molecule has 4 atom stereocenters. The topological polar surface area (TPSA) is 118 Å². The van der Waals surface area contributed by atoms with Crippen LogP contribution in [0.2, 0.25) is 0 Å². The summed E-state index contributed by atoms with van der Waals surface area (Å²) in [4.78, 5) is 9.87. The number of carbonyl (C=O) groups excluding carboxylic acids is 1. The minimum Gasteiger partial charge on any atom is -0.393 e. The van der Waals surface area contributed by atoms with Crippen molar-refractivity contribution in [1.29, 1.82) is 0 Å². The van der Waals surface area contributed by atoms with Crippen LogP contribution in [0.4, 0.5) is 4.39 Å². The maximum absolute atomic E-state index is 12.9. The molecule has 0 aromatic carbocycles. The molecular weight excluding hydrogens is 187 g/mol. The van der Waals surface area contributed by atoms with Crippen molar-refractivity contribution in [3.8, 4) is 0 Å². The molecule has 6 nitrogen and oxygen atoms in total. The third kappa shape index (κ3) is 2.68. The molecule has 0 aliphatic rings. The van der Waals surface area contributed by atoms with Gasteiger partial charge in [-0.05, 0) is 0 Å². The molecule has 0 fully saturated rings. The van der Waals surface area contributed by atoms with Crippen LogP contribution in [0.5, 0.6) is 0 Å². The summed E-state index contributed by atoms with van der Waals surface area (Å²) in [7, 11) is 0. The average Bonchev–Trinajstić information content (AvgIpc) is 2.13. The van der Waals surface area contributed by atoms with Crippen LogP contribution in [0.15, 0.2) is 0 Å². The Morgan fingerprint density at radius 3 is 2.15 bits per heavy atom. The van der Waals surface area contributed by atoms with Crippen molar-refractivity contribution in [3.63, 3.8) is 0 Å². The molecule has 7 heteroatoms. The molecule has 5 N–H and O–H groups in total. The minimum atomic E-state index is -3.63. The van der Waals surface area contributed by atoms with Crippen LogP contribution in [0.25, 0.3) is 0 Å². The third-order valence-electron chi connectivity index (χ3n) is 1.52. The fraction of sp³-hybridized carbons (Fsp3) is 0.833. The van der Waals surface area contributed by atoms with Crippen LogP contribution in [0.1, 0.15) is 0 Å². The predicted octanol–water partition coefficient (Wildman–Crippen LogP) is -3.08. The van der Waals surface area contributed by atoms with Gasteiger partial charge in [0.25, 0.3) is 5.85 Å². The summed E-state index contributed by atoms with van der Waals surface area (Å²) in [5.41, 5.74) is 0. The molecule has 0 unspecified atom stereocenters. The Bertz CT molecular complexity index is 173. The fourth-order valence-electron chi connectivity index (χ4n) is 0.639. The van der Waals surface area contributed by atoms with Crippen LogP contribution in [-0.4, -0.2) is 62.6 Å². The molecule has 0 saturated carbocycles. The summed E-state index contributed by atoms with van der Waals surface area (Å²) in [5, 5.41) is 43.0. The molecule has 0 aromatic heterocycles. The van der Waals surface area contributed by atoms with Crippen LogP contribution in [0.3, 0.4) is 0 Å². The van der Waals surface area contributed by atoms with E-state index in [1.807, 2.05) is 0 Å². The van der Waals surface area contributed by atoms with E-state index in [0.29, 0.717) is 0 Å². The SMILES string of the molecule is O=C[C@H](O)[C@@H](O)[C@@](O)(F)[C@H](O)CO. The highest BCUT2D eigenvalue weighted by Crippen LogP contribution is 2.19. The number of hydrogen-bond donors (Lipinski definition) is 5. The van der Waals surface area contributed by atoms with Crippen LogP contribution < -0.4 is 0 Å². The molecule has 0 radical (unpaired) electrons. The van der Waals surface area contributed by atoms with Gasteiger partial charge in [-0.15, -0.1) is 0 Å². The highest BCUT2D eigenvalue weighted by atomic mass is 19.2. The molecule has 78 valence electrons. The minimum absolute atomic E-state index is 0.209. The number of halogens is 1. The third-order valence-corrected chi connectivity index (χ3v) is 1.52. The zero-order chi connectivity index (χ0) is 10.6. The smallest absolute Gasteiger partial charge is 0.264 e. The van der Waals surface area contributed by atoms with E-state index in [1.165, 1.54) is 0 Å². The van der Waals surface area contributed by atoms with Crippen molar-refractivity contribution >= 4 is 6.29 Å². The predicted molar refractivity (Wildman–Crippen MR) is 37.2 cm³/mol. The zero-order valence-electron chi connectivity index (χ0n) is 6.54.